The molecule has 5 nitrogen and oxygen atoms in total. The van der Waals surface area contributed by atoms with E-state index in [0.717, 1.165) is 31.0 Å². The van der Waals surface area contributed by atoms with Crippen LogP contribution in [0.3, 0.4) is 0 Å². The molecule has 2 aromatic carbocycles. The number of nitrogens with zero attached hydrogens (tertiary/aromatic N) is 4. The molecule has 1 aliphatic rings. The van der Waals surface area contributed by atoms with E-state index in [1.165, 1.54) is 5.56 Å². The standard InChI is InChI=1S/C22H24FN5.HI/c1-24-22(27-11-9-19(15-27)18-5-3-2-4-6-18)26-14-17-7-8-21(20(23)13-17)28-12-10-25-16-28;/h2-8,10,12-13,16,19H,9,11,14-15H2,1H3,(H,24,26);1H. The Morgan fingerprint density at radius 2 is 2.07 bits per heavy atom. The van der Waals surface area contributed by atoms with E-state index in [1.54, 1.807) is 42.5 Å². The molecule has 0 amide bonds. The van der Waals surface area contributed by atoms with Gasteiger partial charge in [-0.2, -0.15) is 0 Å². The number of aromatic nitrogens is 2. The van der Waals surface area contributed by atoms with Crippen LogP contribution < -0.4 is 5.32 Å². The van der Waals surface area contributed by atoms with E-state index in [2.05, 4.69) is 44.5 Å². The lowest BCUT2D eigenvalue weighted by atomic mass is 9.99. The zero-order chi connectivity index (χ0) is 19.3. The molecule has 1 aromatic heterocycles. The predicted octanol–water partition coefficient (Wildman–Crippen LogP) is 4.19. The first-order valence-electron chi connectivity index (χ1n) is 9.52. The topological polar surface area (TPSA) is 45.5 Å². The third-order valence-corrected chi connectivity index (χ3v) is 5.22. The van der Waals surface area contributed by atoms with Crippen molar-refractivity contribution in [2.75, 3.05) is 20.1 Å². The van der Waals surface area contributed by atoms with E-state index in [1.807, 2.05) is 12.1 Å². The summed E-state index contributed by atoms with van der Waals surface area (Å²) in [6, 6.07) is 15.9. The maximum Gasteiger partial charge on any atom is 0.193 e. The van der Waals surface area contributed by atoms with Crippen LogP contribution in [0, 0.1) is 5.82 Å². The van der Waals surface area contributed by atoms with Crippen LogP contribution in [-0.2, 0) is 6.54 Å². The molecule has 0 saturated carbocycles. The molecule has 2 heterocycles. The molecular weight excluding hydrogens is 480 g/mol. The Morgan fingerprint density at radius 1 is 1.24 bits per heavy atom. The van der Waals surface area contributed by atoms with Crippen LogP contribution in [0.15, 0.2) is 72.2 Å². The maximum absolute atomic E-state index is 14.4. The minimum absolute atomic E-state index is 0. The summed E-state index contributed by atoms with van der Waals surface area (Å²) in [5, 5.41) is 3.37. The molecule has 1 fully saturated rings. The van der Waals surface area contributed by atoms with Crippen molar-refractivity contribution in [1.29, 1.82) is 0 Å². The molecule has 1 saturated heterocycles. The number of halogens is 2. The average molecular weight is 505 g/mol. The molecule has 3 aromatic rings. The molecule has 152 valence electrons. The number of imidazole rings is 1. The Kier molecular flexibility index (Phi) is 7.24. The van der Waals surface area contributed by atoms with Crippen molar-refractivity contribution in [3.8, 4) is 5.69 Å². The summed E-state index contributed by atoms with van der Waals surface area (Å²) >= 11 is 0. The van der Waals surface area contributed by atoms with Crippen molar-refractivity contribution in [3.05, 3.63) is 84.2 Å². The van der Waals surface area contributed by atoms with Gasteiger partial charge >= 0.3 is 0 Å². The minimum atomic E-state index is -0.266. The van der Waals surface area contributed by atoms with Crippen LogP contribution in [0.25, 0.3) is 5.69 Å². The number of likely N-dealkylation sites (tertiary alicyclic amines) is 1. The zero-order valence-corrected chi connectivity index (χ0v) is 18.7. The van der Waals surface area contributed by atoms with E-state index in [0.29, 0.717) is 18.2 Å². The first-order valence-corrected chi connectivity index (χ1v) is 9.52. The van der Waals surface area contributed by atoms with Gasteiger partial charge in [0.15, 0.2) is 5.96 Å². The van der Waals surface area contributed by atoms with Gasteiger partial charge in [-0.1, -0.05) is 36.4 Å². The van der Waals surface area contributed by atoms with Gasteiger partial charge in [-0.15, -0.1) is 24.0 Å². The van der Waals surface area contributed by atoms with E-state index < -0.39 is 0 Å². The van der Waals surface area contributed by atoms with E-state index in [9.17, 15) is 4.39 Å². The number of nitrogens with one attached hydrogen (secondary N) is 1. The zero-order valence-electron chi connectivity index (χ0n) is 16.3. The third kappa shape index (κ3) is 4.95. The normalized spacial score (nSPS) is 16.6. The van der Waals surface area contributed by atoms with Crippen molar-refractivity contribution in [3.63, 3.8) is 0 Å². The van der Waals surface area contributed by atoms with Crippen LogP contribution in [0.1, 0.15) is 23.5 Å². The number of benzene rings is 2. The van der Waals surface area contributed by atoms with Crippen LogP contribution in [-0.4, -0.2) is 40.5 Å². The fourth-order valence-electron chi connectivity index (χ4n) is 3.73. The van der Waals surface area contributed by atoms with Gasteiger partial charge in [0.2, 0.25) is 0 Å². The Labute approximate surface area is 187 Å². The summed E-state index contributed by atoms with van der Waals surface area (Å²) in [5.41, 5.74) is 2.75. The van der Waals surface area contributed by atoms with Gasteiger partial charge in [0, 0.05) is 45.0 Å². The Balaban J connectivity index is 0.00000240. The molecule has 4 rings (SSSR count). The van der Waals surface area contributed by atoms with Gasteiger partial charge in [-0.25, -0.2) is 9.37 Å². The van der Waals surface area contributed by atoms with Gasteiger partial charge in [0.1, 0.15) is 5.82 Å². The maximum atomic E-state index is 14.4. The molecule has 1 unspecified atom stereocenters. The van der Waals surface area contributed by atoms with Crippen LogP contribution in [0.2, 0.25) is 0 Å². The monoisotopic (exact) mass is 505 g/mol. The number of hydrogen-bond donors (Lipinski definition) is 1. The van der Waals surface area contributed by atoms with Crippen LogP contribution in [0.4, 0.5) is 4.39 Å². The largest absolute Gasteiger partial charge is 0.352 e. The number of aliphatic imine (C=N–C) groups is 1. The molecule has 7 heteroatoms. The lowest BCUT2D eigenvalue weighted by Gasteiger charge is -2.22. The lowest BCUT2D eigenvalue weighted by molar-refractivity contribution is 0.485. The SMILES string of the molecule is CN=C(NCc1ccc(-n2ccnc2)c(F)c1)N1CCC(c2ccccc2)C1.I. The van der Waals surface area contributed by atoms with Crippen molar-refractivity contribution < 1.29 is 4.39 Å². The van der Waals surface area contributed by atoms with Crippen LogP contribution >= 0.6 is 24.0 Å². The first kappa shape index (κ1) is 21.3. The molecule has 1 aliphatic heterocycles. The molecule has 1 atom stereocenters. The van der Waals surface area contributed by atoms with Gasteiger partial charge in [-0.3, -0.25) is 4.99 Å². The molecule has 0 aliphatic carbocycles. The van der Waals surface area contributed by atoms with Crippen molar-refractivity contribution in [2.45, 2.75) is 18.9 Å². The Morgan fingerprint density at radius 3 is 2.76 bits per heavy atom. The number of hydrogen-bond acceptors (Lipinski definition) is 2. The molecular formula is C22H25FIN5. The summed E-state index contributed by atoms with van der Waals surface area (Å²) in [5.74, 6) is 1.11. The predicted molar refractivity (Wildman–Crippen MR) is 125 cm³/mol. The second-order valence-electron chi connectivity index (χ2n) is 7.00. The molecule has 0 radical (unpaired) electrons. The van der Waals surface area contributed by atoms with Gasteiger partial charge in [0.25, 0.3) is 0 Å². The second kappa shape index (κ2) is 9.87. The number of guanidine groups is 1. The van der Waals surface area contributed by atoms with E-state index in [-0.39, 0.29) is 29.8 Å². The highest BCUT2D eigenvalue weighted by molar-refractivity contribution is 14.0. The smallest absolute Gasteiger partial charge is 0.193 e. The third-order valence-electron chi connectivity index (χ3n) is 5.22. The van der Waals surface area contributed by atoms with Crippen molar-refractivity contribution >= 4 is 29.9 Å². The fourth-order valence-corrected chi connectivity index (χ4v) is 3.73. The van der Waals surface area contributed by atoms with Crippen LogP contribution in [0.5, 0.6) is 0 Å². The summed E-state index contributed by atoms with van der Waals surface area (Å²) in [4.78, 5) is 10.7. The highest BCUT2D eigenvalue weighted by Gasteiger charge is 2.25. The molecule has 0 bridgehead atoms. The van der Waals surface area contributed by atoms with Gasteiger partial charge in [-0.05, 0) is 29.7 Å². The van der Waals surface area contributed by atoms with Gasteiger partial charge in [0.05, 0.1) is 12.0 Å². The summed E-state index contributed by atoms with van der Waals surface area (Å²) in [6.07, 6.45) is 6.07. The summed E-state index contributed by atoms with van der Waals surface area (Å²) < 4.78 is 16.1. The fraction of sp³-hybridized carbons (Fsp3) is 0.273. The quantitative estimate of drug-likeness (QED) is 0.329. The van der Waals surface area contributed by atoms with Crippen molar-refractivity contribution in [1.82, 2.24) is 19.8 Å². The highest BCUT2D eigenvalue weighted by atomic mass is 127. The Bertz CT molecular complexity index is 943. The van der Waals surface area contributed by atoms with E-state index in [4.69, 9.17) is 0 Å². The lowest BCUT2D eigenvalue weighted by Crippen LogP contribution is -2.39. The molecule has 29 heavy (non-hydrogen) atoms. The highest BCUT2D eigenvalue weighted by Crippen LogP contribution is 2.27. The number of rotatable bonds is 4. The van der Waals surface area contributed by atoms with E-state index >= 15 is 0 Å². The van der Waals surface area contributed by atoms with Gasteiger partial charge < -0.3 is 14.8 Å². The average Bonchev–Trinajstić information content (AvgIpc) is 3.42. The summed E-state index contributed by atoms with van der Waals surface area (Å²) in [6.45, 7) is 2.44. The first-order chi connectivity index (χ1) is 13.7. The summed E-state index contributed by atoms with van der Waals surface area (Å²) in [7, 11) is 1.79. The Hall–Kier alpha value is -2.42. The minimum Gasteiger partial charge on any atom is -0.352 e. The second-order valence-corrected chi connectivity index (χ2v) is 7.00. The molecule has 1 N–H and O–H groups in total. The van der Waals surface area contributed by atoms with Crippen molar-refractivity contribution in [2.24, 2.45) is 4.99 Å². The molecule has 0 spiro atoms.